The molecule has 0 bridgehead atoms. The number of quaternary nitrogens is 1. The summed E-state index contributed by atoms with van der Waals surface area (Å²) in [6, 6.07) is 20.9. The number of hydrogen-bond donors (Lipinski definition) is 1. The van der Waals surface area contributed by atoms with Crippen LogP contribution in [-0.2, 0) is 20.7 Å². The maximum absolute atomic E-state index is 12.7. The van der Waals surface area contributed by atoms with Crippen LogP contribution in [0.25, 0.3) is 0 Å². The van der Waals surface area contributed by atoms with Gasteiger partial charge in [-0.3, -0.25) is 19.7 Å². The van der Waals surface area contributed by atoms with E-state index in [0.29, 0.717) is 56.2 Å². The van der Waals surface area contributed by atoms with Gasteiger partial charge in [0.2, 0.25) is 5.91 Å². The van der Waals surface area contributed by atoms with Gasteiger partial charge in [0, 0.05) is 49.3 Å². The first-order valence-electron chi connectivity index (χ1n) is 15.9. The number of nitro benzene ring substituents is 1. The van der Waals surface area contributed by atoms with E-state index in [0.717, 1.165) is 36.9 Å². The van der Waals surface area contributed by atoms with Crippen molar-refractivity contribution < 1.29 is 23.9 Å². The Morgan fingerprint density at radius 3 is 2.15 bits per heavy atom. The van der Waals surface area contributed by atoms with Crippen LogP contribution in [0.2, 0.25) is 0 Å². The lowest BCUT2D eigenvalue weighted by Crippen LogP contribution is -2.47. The number of azo groups is 1. The lowest BCUT2D eigenvalue weighted by Gasteiger charge is -2.45. The predicted molar refractivity (Wildman–Crippen MR) is 177 cm³/mol. The van der Waals surface area contributed by atoms with Gasteiger partial charge in [-0.1, -0.05) is 12.1 Å². The summed E-state index contributed by atoms with van der Waals surface area (Å²) in [5.74, 6) is -0.506. The molecular weight excluding hydrogens is 588 g/mol. The first kappa shape index (κ1) is 34.2. The van der Waals surface area contributed by atoms with E-state index in [-0.39, 0.29) is 41.7 Å². The van der Waals surface area contributed by atoms with Crippen molar-refractivity contribution in [3.8, 4) is 0 Å². The number of anilines is 2. The molecule has 0 aromatic heterocycles. The molecule has 0 radical (unpaired) electrons. The molecule has 0 saturated carbocycles. The van der Waals surface area contributed by atoms with E-state index in [9.17, 15) is 24.9 Å². The lowest BCUT2D eigenvalue weighted by molar-refractivity contribution is -0.885. The summed E-state index contributed by atoms with van der Waals surface area (Å²) in [5.41, 5.74) is 3.86. The predicted octanol–water partition coefficient (Wildman–Crippen LogP) is 7.23. The molecule has 0 atom stereocenters. The number of nitro groups is 1. The monoisotopic (exact) mass is 630 g/mol. The Morgan fingerprint density at radius 2 is 1.54 bits per heavy atom. The number of ether oxygens (including phenoxy) is 1. The Morgan fingerprint density at radius 1 is 0.913 bits per heavy atom. The maximum Gasteiger partial charge on any atom is 0.305 e. The Balaban J connectivity index is 1.11. The molecule has 1 fully saturated rings. The number of carbonyl (C=O) groups is 2. The normalized spacial score (nSPS) is 14.1. The van der Waals surface area contributed by atoms with Gasteiger partial charge in [0.25, 0.3) is 5.69 Å². The van der Waals surface area contributed by atoms with Gasteiger partial charge in [0.05, 0.1) is 42.5 Å². The van der Waals surface area contributed by atoms with E-state index < -0.39 is 4.92 Å². The summed E-state index contributed by atoms with van der Waals surface area (Å²) < 4.78 is 5.30. The molecule has 1 amide bonds. The molecule has 1 heterocycles. The minimum absolute atomic E-state index is 0.00459. The average molecular weight is 631 g/mol. The molecule has 1 N–H and O–H groups in total. The van der Waals surface area contributed by atoms with Gasteiger partial charge in [-0.15, -0.1) is 0 Å². The van der Waals surface area contributed by atoms with Crippen LogP contribution in [0.5, 0.6) is 0 Å². The first-order chi connectivity index (χ1) is 22.2. The van der Waals surface area contributed by atoms with Crippen LogP contribution < -0.4 is 10.2 Å². The second-order valence-electron chi connectivity index (χ2n) is 11.4. The van der Waals surface area contributed by atoms with Crippen LogP contribution in [0.1, 0.15) is 51.0 Å². The smallest absolute Gasteiger partial charge is 0.305 e. The summed E-state index contributed by atoms with van der Waals surface area (Å²) in [4.78, 5) is 37.0. The maximum atomic E-state index is 12.7. The lowest BCUT2D eigenvalue weighted by atomic mass is 10.1. The van der Waals surface area contributed by atoms with Crippen LogP contribution in [0.4, 0.5) is 28.4 Å². The fraction of sp³-hybridized carbons (Fsp3) is 0.412. The molecule has 3 aromatic carbocycles. The summed E-state index contributed by atoms with van der Waals surface area (Å²) in [7, 11) is 0. The molecule has 0 spiro atoms. The zero-order chi connectivity index (χ0) is 32.8. The highest BCUT2D eigenvalue weighted by Crippen LogP contribution is 2.24. The highest BCUT2D eigenvalue weighted by atomic mass is 16.6. The average Bonchev–Trinajstić information content (AvgIpc) is 3.06. The fourth-order valence-corrected chi connectivity index (χ4v) is 5.31. The van der Waals surface area contributed by atoms with Crippen LogP contribution in [0.3, 0.4) is 0 Å². The quantitative estimate of drug-likeness (QED) is 0.0438. The van der Waals surface area contributed by atoms with Crippen LogP contribution in [-0.4, -0.2) is 60.8 Å². The van der Waals surface area contributed by atoms with Crippen LogP contribution in [0, 0.1) is 15.3 Å². The molecule has 4 rings (SSSR count). The van der Waals surface area contributed by atoms with E-state index in [1.807, 2.05) is 55.5 Å². The zero-order valence-corrected chi connectivity index (χ0v) is 26.3. The zero-order valence-electron chi connectivity index (χ0n) is 26.3. The highest BCUT2D eigenvalue weighted by molar-refractivity contribution is 5.90. The number of piperidine rings is 1. The number of likely N-dealkylation sites (N-methyl/N-ethyl adjacent to an activating group) is 1. The molecule has 3 aromatic rings. The number of nitrogens with one attached hydrogen (secondary N) is 1. The third kappa shape index (κ3) is 11.0. The molecule has 12 nitrogen and oxygen atoms in total. The van der Waals surface area contributed by atoms with Crippen LogP contribution >= 0.6 is 0 Å². The number of hydroxylamine groups is 3. The summed E-state index contributed by atoms with van der Waals surface area (Å²) in [6.45, 7) is 5.46. The Hall–Kier alpha value is -4.68. The van der Waals surface area contributed by atoms with Gasteiger partial charge < -0.3 is 24.8 Å². The number of rotatable bonds is 16. The topological polar surface area (TPSA) is 150 Å². The Bertz CT molecular complexity index is 1450. The molecule has 46 heavy (non-hydrogen) atoms. The number of likely N-dealkylation sites (tertiary alicyclic amines) is 1. The summed E-state index contributed by atoms with van der Waals surface area (Å²) >= 11 is 0. The second kappa shape index (κ2) is 17.1. The molecule has 1 saturated heterocycles. The third-order valence-electron chi connectivity index (χ3n) is 8.02. The molecular formula is C34H42N6O6. The van der Waals surface area contributed by atoms with E-state index in [1.54, 1.807) is 0 Å². The van der Waals surface area contributed by atoms with Crippen molar-refractivity contribution >= 4 is 40.3 Å². The summed E-state index contributed by atoms with van der Waals surface area (Å²) in [5, 5.41) is 34.7. The van der Waals surface area contributed by atoms with E-state index >= 15 is 0 Å². The molecule has 244 valence electrons. The van der Waals surface area contributed by atoms with Crippen molar-refractivity contribution in [3.63, 3.8) is 0 Å². The minimum atomic E-state index is -0.465. The minimum Gasteiger partial charge on any atom is -0.633 e. The van der Waals surface area contributed by atoms with Crippen molar-refractivity contribution in [3.05, 3.63) is 93.7 Å². The number of benzene rings is 3. The Labute approximate surface area is 269 Å². The molecule has 12 heteroatoms. The molecule has 0 aliphatic carbocycles. The van der Waals surface area contributed by atoms with Crippen LogP contribution in [0.15, 0.2) is 83.0 Å². The van der Waals surface area contributed by atoms with Gasteiger partial charge in [0.15, 0.2) is 0 Å². The SMILES string of the molecule is CCN(CCOC(=O)CCCC(=O)Nc1ccc(CC[N+]2([O-])CCCCC2)cc1)c1ccc(N=Nc2ccc([N+](=O)[O-])cc2)cc1. The second-order valence-corrected chi connectivity index (χ2v) is 11.4. The number of esters is 1. The molecule has 0 unspecified atom stereocenters. The van der Waals surface area contributed by atoms with Gasteiger partial charge in [-0.05, 0) is 86.7 Å². The molecule has 1 aliphatic rings. The van der Waals surface area contributed by atoms with Crippen molar-refractivity contribution in [2.45, 2.75) is 51.9 Å². The van der Waals surface area contributed by atoms with E-state index in [1.165, 1.54) is 24.3 Å². The van der Waals surface area contributed by atoms with Gasteiger partial charge in [-0.2, -0.15) is 10.2 Å². The van der Waals surface area contributed by atoms with Crippen molar-refractivity contribution in [2.24, 2.45) is 10.2 Å². The number of nitrogens with zero attached hydrogens (tertiary/aromatic N) is 5. The first-order valence-corrected chi connectivity index (χ1v) is 15.9. The number of hydrogen-bond acceptors (Lipinski definition) is 9. The van der Waals surface area contributed by atoms with E-state index in [4.69, 9.17) is 4.74 Å². The third-order valence-corrected chi connectivity index (χ3v) is 8.02. The van der Waals surface area contributed by atoms with Crippen molar-refractivity contribution in [2.75, 3.05) is 49.5 Å². The standard InChI is InChI=1S/C34H42N6O6/c1-2-38(31-17-13-29(14-18-31)36-37-30-15-19-32(20-16-30)39(43)44)22-26-46-34(42)8-6-7-33(41)35-28-11-9-27(10-12-28)21-25-40(45)23-4-3-5-24-40/h9-20H,2-8,21-26H2,1H3,(H,35,41). The number of carbonyl (C=O) groups excluding carboxylic acids is 2. The van der Waals surface area contributed by atoms with Gasteiger partial charge in [-0.25, -0.2) is 0 Å². The largest absolute Gasteiger partial charge is 0.633 e. The summed E-state index contributed by atoms with van der Waals surface area (Å²) in [6.07, 6.45) is 4.64. The van der Waals surface area contributed by atoms with Gasteiger partial charge in [0.1, 0.15) is 6.61 Å². The van der Waals surface area contributed by atoms with Gasteiger partial charge >= 0.3 is 5.97 Å². The van der Waals surface area contributed by atoms with Crippen molar-refractivity contribution in [1.82, 2.24) is 0 Å². The Kier molecular flexibility index (Phi) is 12.7. The van der Waals surface area contributed by atoms with E-state index in [2.05, 4.69) is 20.4 Å². The number of non-ortho nitro benzene ring substituents is 1. The fourth-order valence-electron chi connectivity index (χ4n) is 5.31. The number of amides is 1. The molecule has 1 aliphatic heterocycles. The highest BCUT2D eigenvalue weighted by Gasteiger charge is 2.20. The van der Waals surface area contributed by atoms with Crippen molar-refractivity contribution in [1.29, 1.82) is 0 Å².